The number of aromatic nitrogens is 1. The number of carbonyl (C=O) groups is 1. The fourth-order valence-corrected chi connectivity index (χ4v) is 3.08. The molecule has 24 heavy (non-hydrogen) atoms. The molecular formula is C17H10Cl2INO3. The van der Waals surface area contributed by atoms with E-state index in [4.69, 9.17) is 32.4 Å². The van der Waals surface area contributed by atoms with Gasteiger partial charge >= 0.3 is 5.97 Å². The molecule has 122 valence electrons. The van der Waals surface area contributed by atoms with Crippen LogP contribution in [0.15, 0.2) is 40.8 Å². The predicted octanol–water partition coefficient (Wildman–Crippen LogP) is 5.67. The number of benzene rings is 1. The van der Waals surface area contributed by atoms with E-state index in [0.717, 1.165) is 9.46 Å². The number of ether oxygens (including phenoxy) is 1. The van der Waals surface area contributed by atoms with Crippen LogP contribution in [0.4, 0.5) is 0 Å². The number of halogens is 3. The molecule has 2 aromatic heterocycles. The lowest BCUT2D eigenvalue weighted by Crippen LogP contribution is -2.05. The van der Waals surface area contributed by atoms with Gasteiger partial charge in [0.2, 0.25) is 0 Å². The molecular weight excluding hydrogens is 464 g/mol. The number of rotatable bonds is 3. The number of fused-ring (bicyclic) bond motifs is 1. The van der Waals surface area contributed by atoms with Crippen LogP contribution in [-0.2, 0) is 4.79 Å². The van der Waals surface area contributed by atoms with Crippen molar-refractivity contribution in [1.29, 1.82) is 0 Å². The quantitative estimate of drug-likeness (QED) is 0.213. The molecule has 0 saturated heterocycles. The average molecular weight is 474 g/mol. The second-order valence-corrected chi connectivity index (χ2v) is 6.79. The van der Waals surface area contributed by atoms with Crippen LogP contribution in [0.2, 0.25) is 10.0 Å². The molecule has 1 aromatic carbocycles. The van der Waals surface area contributed by atoms with Crippen molar-refractivity contribution in [2.45, 2.75) is 6.92 Å². The molecule has 0 saturated carbocycles. The number of carbonyl (C=O) groups excluding carboxylic acids is 1. The third kappa shape index (κ3) is 3.74. The van der Waals surface area contributed by atoms with E-state index in [1.165, 1.54) is 18.2 Å². The zero-order chi connectivity index (χ0) is 17.3. The van der Waals surface area contributed by atoms with Crippen molar-refractivity contribution in [3.63, 3.8) is 0 Å². The smallest absolute Gasteiger partial charge is 0.336 e. The summed E-state index contributed by atoms with van der Waals surface area (Å²) >= 11 is 14.4. The van der Waals surface area contributed by atoms with E-state index < -0.39 is 5.97 Å². The maximum Gasteiger partial charge on any atom is 0.336 e. The Morgan fingerprint density at radius 1 is 1.25 bits per heavy atom. The summed E-state index contributed by atoms with van der Waals surface area (Å²) in [5, 5.41) is 1.34. The summed E-state index contributed by atoms with van der Waals surface area (Å²) in [6, 6.07) is 8.72. The van der Waals surface area contributed by atoms with Crippen LogP contribution < -0.4 is 4.74 Å². The Morgan fingerprint density at radius 2 is 2.04 bits per heavy atom. The number of aryl methyl sites for hydroxylation is 1. The predicted molar refractivity (Wildman–Crippen MR) is 103 cm³/mol. The molecule has 4 nitrogen and oxygen atoms in total. The van der Waals surface area contributed by atoms with Crippen LogP contribution in [0.3, 0.4) is 0 Å². The first-order chi connectivity index (χ1) is 11.4. The van der Waals surface area contributed by atoms with Gasteiger partial charge in [-0.3, -0.25) is 0 Å². The van der Waals surface area contributed by atoms with Crippen LogP contribution in [0.5, 0.6) is 5.75 Å². The molecule has 7 heteroatoms. The number of nitrogens with zero attached hydrogens (tertiary/aromatic N) is 1. The van der Waals surface area contributed by atoms with Gasteiger partial charge in [0.25, 0.3) is 0 Å². The first kappa shape index (κ1) is 17.3. The standard InChI is InChI=1S/C17H10Cl2INO3/c1-9-2-5-11-12(18)8-13(19)17(16(11)21-9)24-15(22)7-4-10-3-6-14(20)23-10/h2-8H,1H3/b7-4+. The van der Waals surface area contributed by atoms with Gasteiger partial charge in [-0.1, -0.05) is 23.2 Å². The van der Waals surface area contributed by atoms with E-state index in [0.29, 0.717) is 21.7 Å². The van der Waals surface area contributed by atoms with Gasteiger partial charge in [-0.15, -0.1) is 0 Å². The van der Waals surface area contributed by atoms with Crippen LogP contribution in [-0.4, -0.2) is 11.0 Å². The maximum atomic E-state index is 12.1. The SMILES string of the molecule is Cc1ccc2c(Cl)cc(Cl)c(OC(=O)/C=C/c3ccc(I)o3)c2n1. The molecule has 0 fully saturated rings. The number of hydrogen-bond acceptors (Lipinski definition) is 4. The Hall–Kier alpha value is -1.57. The number of pyridine rings is 1. The van der Waals surface area contributed by atoms with Crippen LogP contribution >= 0.6 is 45.8 Å². The minimum atomic E-state index is -0.588. The lowest BCUT2D eigenvalue weighted by Gasteiger charge is -2.09. The molecule has 0 aliphatic rings. The van der Waals surface area contributed by atoms with E-state index in [1.54, 1.807) is 12.1 Å². The summed E-state index contributed by atoms with van der Waals surface area (Å²) in [4.78, 5) is 16.5. The number of hydrogen-bond donors (Lipinski definition) is 0. The largest absolute Gasteiger partial charge is 0.451 e. The Balaban J connectivity index is 1.93. The van der Waals surface area contributed by atoms with Crippen molar-refractivity contribution in [2.24, 2.45) is 0 Å². The van der Waals surface area contributed by atoms with E-state index in [2.05, 4.69) is 4.98 Å². The zero-order valence-electron chi connectivity index (χ0n) is 12.3. The van der Waals surface area contributed by atoms with Gasteiger partial charge in [0, 0.05) is 17.2 Å². The van der Waals surface area contributed by atoms with Crippen molar-refractivity contribution in [2.75, 3.05) is 0 Å². The van der Waals surface area contributed by atoms with Crippen molar-refractivity contribution in [3.8, 4) is 5.75 Å². The molecule has 0 aliphatic carbocycles. The Morgan fingerprint density at radius 3 is 2.75 bits per heavy atom. The molecule has 0 aliphatic heterocycles. The summed E-state index contributed by atoms with van der Waals surface area (Å²) in [6.45, 7) is 1.83. The van der Waals surface area contributed by atoms with Crippen LogP contribution in [0.1, 0.15) is 11.5 Å². The van der Waals surface area contributed by atoms with E-state index in [1.807, 2.05) is 41.6 Å². The van der Waals surface area contributed by atoms with Gasteiger partial charge in [-0.25, -0.2) is 9.78 Å². The summed E-state index contributed by atoms with van der Waals surface area (Å²) < 4.78 is 11.4. The van der Waals surface area contributed by atoms with E-state index in [-0.39, 0.29) is 10.8 Å². The molecule has 0 radical (unpaired) electrons. The van der Waals surface area contributed by atoms with Crippen molar-refractivity contribution < 1.29 is 13.9 Å². The highest BCUT2D eigenvalue weighted by molar-refractivity contribution is 14.1. The summed E-state index contributed by atoms with van der Waals surface area (Å²) in [6.07, 6.45) is 2.79. The molecule has 3 aromatic rings. The molecule has 0 amide bonds. The van der Waals surface area contributed by atoms with Gasteiger partial charge in [0.05, 0.1) is 10.0 Å². The lowest BCUT2D eigenvalue weighted by atomic mass is 10.2. The summed E-state index contributed by atoms with van der Waals surface area (Å²) in [7, 11) is 0. The topological polar surface area (TPSA) is 52.3 Å². The van der Waals surface area contributed by atoms with Crippen molar-refractivity contribution in [1.82, 2.24) is 4.98 Å². The fourth-order valence-electron chi connectivity index (χ4n) is 2.09. The normalized spacial score (nSPS) is 11.3. The first-order valence-corrected chi connectivity index (χ1v) is 8.68. The maximum absolute atomic E-state index is 12.1. The van der Waals surface area contributed by atoms with Crippen molar-refractivity contribution in [3.05, 3.63) is 61.7 Å². The first-order valence-electron chi connectivity index (χ1n) is 6.84. The van der Waals surface area contributed by atoms with Gasteiger partial charge < -0.3 is 9.15 Å². The lowest BCUT2D eigenvalue weighted by molar-refractivity contribution is -0.128. The second kappa shape index (κ2) is 7.13. The number of esters is 1. The highest BCUT2D eigenvalue weighted by Gasteiger charge is 2.15. The summed E-state index contributed by atoms with van der Waals surface area (Å²) in [5.74, 6) is 0.149. The molecule has 2 heterocycles. The van der Waals surface area contributed by atoms with E-state index in [9.17, 15) is 4.79 Å². The summed E-state index contributed by atoms with van der Waals surface area (Å²) in [5.41, 5.74) is 1.21. The highest BCUT2D eigenvalue weighted by atomic mass is 127. The van der Waals surface area contributed by atoms with Gasteiger partial charge in [-0.05, 0) is 65.9 Å². The van der Waals surface area contributed by atoms with Gasteiger partial charge in [0.15, 0.2) is 9.52 Å². The highest BCUT2D eigenvalue weighted by Crippen LogP contribution is 2.37. The molecule has 0 bridgehead atoms. The third-order valence-corrected chi connectivity index (χ3v) is 4.33. The second-order valence-electron chi connectivity index (χ2n) is 4.91. The fraction of sp³-hybridized carbons (Fsp3) is 0.0588. The Bertz CT molecular complexity index is 966. The Labute approximate surface area is 161 Å². The Kier molecular flexibility index (Phi) is 5.12. The van der Waals surface area contributed by atoms with Crippen LogP contribution in [0.25, 0.3) is 17.0 Å². The third-order valence-electron chi connectivity index (χ3n) is 3.16. The average Bonchev–Trinajstić information content (AvgIpc) is 2.94. The molecule has 0 N–H and O–H groups in total. The minimum Gasteiger partial charge on any atom is -0.451 e. The van der Waals surface area contributed by atoms with Crippen LogP contribution in [0, 0.1) is 10.7 Å². The monoisotopic (exact) mass is 473 g/mol. The number of furan rings is 1. The minimum absolute atomic E-state index is 0.184. The van der Waals surface area contributed by atoms with Gasteiger partial charge in [-0.2, -0.15) is 0 Å². The molecule has 0 unspecified atom stereocenters. The molecule has 3 rings (SSSR count). The zero-order valence-corrected chi connectivity index (χ0v) is 16.0. The van der Waals surface area contributed by atoms with E-state index >= 15 is 0 Å². The van der Waals surface area contributed by atoms with Crippen molar-refractivity contribution >= 4 is 68.7 Å². The molecule has 0 spiro atoms. The van der Waals surface area contributed by atoms with Gasteiger partial charge in [0.1, 0.15) is 11.3 Å². The molecule has 0 atom stereocenters.